The zero-order valence-electron chi connectivity index (χ0n) is 20.9. The number of Topliss-reactive ketones (excluding diaryl/α,β-unsaturated/α-hetero) is 1. The van der Waals surface area contributed by atoms with E-state index in [1.165, 1.54) is 5.56 Å². The van der Waals surface area contributed by atoms with Crippen molar-refractivity contribution in [3.63, 3.8) is 0 Å². The summed E-state index contributed by atoms with van der Waals surface area (Å²) in [4.78, 5) is 22.2. The van der Waals surface area contributed by atoms with Crippen molar-refractivity contribution in [1.29, 1.82) is 0 Å². The number of ketones is 1. The van der Waals surface area contributed by atoms with Gasteiger partial charge in [0, 0.05) is 36.0 Å². The summed E-state index contributed by atoms with van der Waals surface area (Å²) in [5, 5.41) is 0.699. The number of carbonyl (C=O) groups excluding carboxylic acids is 1. The lowest BCUT2D eigenvalue weighted by Gasteiger charge is -2.30. The number of rotatable bonds is 11. The van der Waals surface area contributed by atoms with Gasteiger partial charge < -0.3 is 9.32 Å². The summed E-state index contributed by atoms with van der Waals surface area (Å²) in [5.41, 5.74) is 3.27. The van der Waals surface area contributed by atoms with Crippen molar-refractivity contribution in [2.24, 2.45) is 5.92 Å². The molecule has 0 atom stereocenters. The monoisotopic (exact) mass is 493 g/mol. The first kappa shape index (κ1) is 25.6. The molecule has 5 nitrogen and oxygen atoms in total. The summed E-state index contributed by atoms with van der Waals surface area (Å²) in [5.74, 6) is 2.12. The molecule has 0 bridgehead atoms. The second-order valence-corrected chi connectivity index (χ2v) is 10.1. The fraction of sp³-hybridized carbons (Fsp3) is 0.448. The Kier molecular flexibility index (Phi) is 9.13. The molecular formula is C29H36ClN3O2. The zero-order chi connectivity index (χ0) is 24.6. The SMILES string of the molecule is Cc1oc(-c2ccc(Cl)cc2)nc1CN1CCC(C(=O)CCCN(C)CCc2ccccc2)CC1. The normalized spacial score (nSPS) is 15.1. The van der Waals surface area contributed by atoms with Gasteiger partial charge in [0.05, 0.1) is 5.69 Å². The van der Waals surface area contributed by atoms with Gasteiger partial charge in [-0.05, 0) is 89.1 Å². The number of halogens is 1. The molecule has 1 aliphatic rings. The molecule has 0 amide bonds. The van der Waals surface area contributed by atoms with Crippen LogP contribution in [0.1, 0.15) is 42.7 Å². The Labute approximate surface area is 214 Å². The number of benzene rings is 2. The van der Waals surface area contributed by atoms with E-state index in [0.717, 1.165) is 75.4 Å². The van der Waals surface area contributed by atoms with E-state index in [1.54, 1.807) is 0 Å². The van der Waals surface area contributed by atoms with Crippen LogP contribution in [-0.4, -0.2) is 53.8 Å². The minimum Gasteiger partial charge on any atom is -0.441 e. The van der Waals surface area contributed by atoms with E-state index >= 15 is 0 Å². The lowest BCUT2D eigenvalue weighted by molar-refractivity contribution is -0.124. The van der Waals surface area contributed by atoms with Crippen molar-refractivity contribution in [2.75, 3.05) is 33.2 Å². The first-order chi connectivity index (χ1) is 17.0. The fourth-order valence-corrected chi connectivity index (χ4v) is 4.85. The van der Waals surface area contributed by atoms with Crippen LogP contribution >= 0.6 is 11.6 Å². The summed E-state index contributed by atoms with van der Waals surface area (Å²) in [6, 6.07) is 18.1. The van der Waals surface area contributed by atoms with Crippen LogP contribution < -0.4 is 0 Å². The smallest absolute Gasteiger partial charge is 0.226 e. The molecule has 1 aliphatic heterocycles. The van der Waals surface area contributed by atoms with Crippen molar-refractivity contribution in [2.45, 2.75) is 45.6 Å². The number of aryl methyl sites for hydroxylation is 1. The maximum absolute atomic E-state index is 12.8. The van der Waals surface area contributed by atoms with Gasteiger partial charge in [-0.2, -0.15) is 0 Å². The van der Waals surface area contributed by atoms with Crippen LogP contribution in [0.3, 0.4) is 0 Å². The van der Waals surface area contributed by atoms with E-state index in [0.29, 0.717) is 23.1 Å². The van der Waals surface area contributed by atoms with Crippen molar-refractivity contribution >= 4 is 17.4 Å². The van der Waals surface area contributed by atoms with Crippen LogP contribution in [0.25, 0.3) is 11.5 Å². The molecule has 0 N–H and O–H groups in total. The van der Waals surface area contributed by atoms with Gasteiger partial charge in [-0.3, -0.25) is 9.69 Å². The van der Waals surface area contributed by atoms with E-state index in [2.05, 4.69) is 47.2 Å². The highest BCUT2D eigenvalue weighted by molar-refractivity contribution is 6.30. The first-order valence-corrected chi connectivity index (χ1v) is 13.1. The quantitative estimate of drug-likeness (QED) is 0.326. The molecule has 0 spiro atoms. The van der Waals surface area contributed by atoms with E-state index in [1.807, 2.05) is 31.2 Å². The number of nitrogens with zero attached hydrogens (tertiary/aromatic N) is 3. The Morgan fingerprint density at radius 1 is 1.09 bits per heavy atom. The first-order valence-electron chi connectivity index (χ1n) is 12.7. The average Bonchev–Trinajstić information content (AvgIpc) is 3.24. The predicted octanol–water partition coefficient (Wildman–Crippen LogP) is 6.04. The lowest BCUT2D eigenvalue weighted by atomic mass is 9.90. The molecule has 0 radical (unpaired) electrons. The van der Waals surface area contributed by atoms with Crippen LogP contribution in [0, 0.1) is 12.8 Å². The molecule has 0 unspecified atom stereocenters. The molecule has 6 heteroatoms. The molecule has 1 aromatic heterocycles. The molecular weight excluding hydrogens is 458 g/mol. The highest BCUT2D eigenvalue weighted by Crippen LogP contribution is 2.26. The van der Waals surface area contributed by atoms with Gasteiger partial charge in [0.15, 0.2) is 0 Å². The molecule has 186 valence electrons. The third kappa shape index (κ3) is 7.50. The lowest BCUT2D eigenvalue weighted by Crippen LogP contribution is -2.36. The molecule has 1 fully saturated rings. The molecule has 2 aromatic carbocycles. The molecule has 0 aliphatic carbocycles. The maximum atomic E-state index is 12.8. The van der Waals surface area contributed by atoms with Crippen molar-refractivity contribution in [1.82, 2.24) is 14.8 Å². The Morgan fingerprint density at radius 2 is 1.80 bits per heavy atom. The average molecular weight is 494 g/mol. The van der Waals surface area contributed by atoms with Gasteiger partial charge in [0.2, 0.25) is 5.89 Å². The summed E-state index contributed by atoms with van der Waals surface area (Å²) in [7, 11) is 2.15. The van der Waals surface area contributed by atoms with Crippen LogP contribution in [0.5, 0.6) is 0 Å². The van der Waals surface area contributed by atoms with Crippen molar-refractivity contribution in [3.05, 3.63) is 76.6 Å². The number of oxazole rings is 1. The number of likely N-dealkylation sites (N-methyl/N-ethyl adjacent to an activating group) is 1. The second-order valence-electron chi connectivity index (χ2n) is 9.69. The summed E-state index contributed by atoms with van der Waals surface area (Å²) in [6.07, 6.45) is 4.55. The van der Waals surface area contributed by atoms with Gasteiger partial charge >= 0.3 is 0 Å². The number of piperidine rings is 1. The molecule has 2 heterocycles. The van der Waals surface area contributed by atoms with Crippen LogP contribution in [0.15, 0.2) is 59.0 Å². The van der Waals surface area contributed by atoms with Crippen LogP contribution in [0.4, 0.5) is 0 Å². The van der Waals surface area contributed by atoms with Gasteiger partial charge in [-0.25, -0.2) is 4.98 Å². The van der Waals surface area contributed by atoms with Crippen molar-refractivity contribution in [3.8, 4) is 11.5 Å². The molecule has 3 aromatic rings. The van der Waals surface area contributed by atoms with Gasteiger partial charge in [0.1, 0.15) is 11.5 Å². The summed E-state index contributed by atoms with van der Waals surface area (Å²) < 4.78 is 5.91. The van der Waals surface area contributed by atoms with E-state index in [9.17, 15) is 4.79 Å². The van der Waals surface area contributed by atoms with E-state index in [4.69, 9.17) is 21.0 Å². The maximum Gasteiger partial charge on any atom is 0.226 e. The molecule has 1 saturated heterocycles. The van der Waals surface area contributed by atoms with Gasteiger partial charge in [0.25, 0.3) is 0 Å². The largest absolute Gasteiger partial charge is 0.441 e. The molecule has 0 saturated carbocycles. The van der Waals surface area contributed by atoms with E-state index < -0.39 is 0 Å². The van der Waals surface area contributed by atoms with Crippen LogP contribution in [0.2, 0.25) is 5.02 Å². The third-order valence-electron chi connectivity index (χ3n) is 6.99. The van der Waals surface area contributed by atoms with E-state index in [-0.39, 0.29) is 5.92 Å². The number of hydrogen-bond acceptors (Lipinski definition) is 5. The third-order valence-corrected chi connectivity index (χ3v) is 7.24. The Balaban J connectivity index is 1.16. The Bertz CT molecular complexity index is 1070. The fourth-order valence-electron chi connectivity index (χ4n) is 4.72. The Hall–Kier alpha value is -2.47. The Morgan fingerprint density at radius 3 is 2.51 bits per heavy atom. The minimum absolute atomic E-state index is 0.198. The minimum atomic E-state index is 0.198. The topological polar surface area (TPSA) is 49.6 Å². The summed E-state index contributed by atoms with van der Waals surface area (Å²) >= 11 is 5.99. The number of hydrogen-bond donors (Lipinski definition) is 0. The summed E-state index contributed by atoms with van der Waals surface area (Å²) in [6.45, 7) is 6.58. The number of carbonyl (C=O) groups is 1. The second kappa shape index (κ2) is 12.5. The highest BCUT2D eigenvalue weighted by atomic mass is 35.5. The zero-order valence-corrected chi connectivity index (χ0v) is 21.6. The number of aromatic nitrogens is 1. The highest BCUT2D eigenvalue weighted by Gasteiger charge is 2.25. The number of likely N-dealkylation sites (tertiary alicyclic amines) is 1. The van der Waals surface area contributed by atoms with Gasteiger partial charge in [-0.1, -0.05) is 41.9 Å². The van der Waals surface area contributed by atoms with Gasteiger partial charge in [-0.15, -0.1) is 0 Å². The predicted molar refractivity (Wildman–Crippen MR) is 142 cm³/mol. The standard InChI is InChI=1S/C29H36ClN3O2/c1-22-27(31-29(35-22)25-10-12-26(30)13-11-25)21-33-19-15-24(16-20-33)28(34)9-6-17-32(2)18-14-23-7-4-3-5-8-23/h3-5,7-8,10-13,24H,6,9,14-21H2,1-2H3. The molecule has 4 rings (SSSR count). The van der Waals surface area contributed by atoms with Crippen LogP contribution in [-0.2, 0) is 17.8 Å². The molecule has 35 heavy (non-hydrogen) atoms. The van der Waals surface area contributed by atoms with Crippen molar-refractivity contribution < 1.29 is 9.21 Å².